The second-order valence-electron chi connectivity index (χ2n) is 4.66. The monoisotopic (exact) mass is 284 g/mol. The van der Waals surface area contributed by atoms with Crippen LogP contribution in [-0.4, -0.2) is 46.6 Å². The second-order valence-corrected chi connectivity index (χ2v) is 5.93. The van der Waals surface area contributed by atoms with Gasteiger partial charge in [-0.05, 0) is 19.1 Å². The lowest BCUT2D eigenvalue weighted by molar-refractivity contribution is 0.573. The van der Waals surface area contributed by atoms with Crippen LogP contribution in [0.3, 0.4) is 0 Å². The predicted molar refractivity (Wildman–Crippen MR) is 83.9 cm³/mol. The maximum Gasteiger partial charge on any atom is 0.231 e. The van der Waals surface area contributed by atoms with E-state index in [2.05, 4.69) is 40.4 Å². The molecule has 0 fully saturated rings. The molecule has 1 rings (SSSR count). The van der Waals surface area contributed by atoms with Crippen molar-refractivity contribution >= 4 is 29.6 Å². The van der Waals surface area contributed by atoms with E-state index in [-0.39, 0.29) is 10.7 Å². The van der Waals surface area contributed by atoms with E-state index < -0.39 is 0 Å². The van der Waals surface area contributed by atoms with Gasteiger partial charge in [0, 0.05) is 25.4 Å². The minimum Gasteiger partial charge on any atom is -0.368 e. The maximum absolute atomic E-state index is 5.70. The number of nitrogens with two attached hydrogens (primary N) is 1. The second kappa shape index (κ2) is 6.79. The van der Waals surface area contributed by atoms with Crippen molar-refractivity contribution in [2.24, 2.45) is 0 Å². The van der Waals surface area contributed by atoms with Gasteiger partial charge in [-0.2, -0.15) is 26.7 Å². The van der Waals surface area contributed by atoms with E-state index in [0.29, 0.717) is 11.9 Å². The Morgan fingerprint density at radius 3 is 2.32 bits per heavy atom. The van der Waals surface area contributed by atoms with E-state index in [0.717, 1.165) is 19.4 Å². The zero-order chi connectivity index (χ0) is 14.5. The van der Waals surface area contributed by atoms with Crippen LogP contribution < -0.4 is 16.0 Å². The molecule has 0 amide bonds. The lowest BCUT2D eigenvalue weighted by atomic mass is 10.0. The number of hydrogen-bond donors (Lipinski definition) is 2. The largest absolute Gasteiger partial charge is 0.368 e. The van der Waals surface area contributed by atoms with Crippen LogP contribution in [0, 0.1) is 0 Å². The summed E-state index contributed by atoms with van der Waals surface area (Å²) >= 11 is 1.88. The molecule has 0 aliphatic rings. The Hall–Kier alpha value is -1.24. The van der Waals surface area contributed by atoms with Crippen molar-refractivity contribution in [3.05, 3.63) is 0 Å². The molecule has 1 aromatic rings. The number of thioether (sulfide) groups is 1. The van der Waals surface area contributed by atoms with Crippen molar-refractivity contribution in [1.82, 2.24) is 15.0 Å². The molecule has 0 saturated carbocycles. The van der Waals surface area contributed by atoms with Crippen molar-refractivity contribution in [1.29, 1.82) is 0 Å². The average molecular weight is 284 g/mol. The molecule has 0 aliphatic heterocycles. The van der Waals surface area contributed by atoms with Gasteiger partial charge in [0.2, 0.25) is 17.8 Å². The Bertz CT molecular complexity index is 397. The van der Waals surface area contributed by atoms with E-state index in [1.807, 2.05) is 30.8 Å². The van der Waals surface area contributed by atoms with Crippen LogP contribution in [0.25, 0.3) is 0 Å². The zero-order valence-corrected chi connectivity index (χ0v) is 13.2. The molecule has 0 saturated heterocycles. The Balaban J connectivity index is 2.82. The summed E-state index contributed by atoms with van der Waals surface area (Å²) in [5.41, 5.74) is 5.70. The number of nitrogens with one attached hydrogen (secondary N) is 1. The number of hydrogen-bond acceptors (Lipinski definition) is 7. The standard InChI is InChI=1S/C12H24N6S/c1-6-12(7-2,19-5)8-14-10-15-9(13)16-11(17-10)18(3)4/h6-8H2,1-5H3,(H3,13,14,15,16,17). The van der Waals surface area contributed by atoms with Gasteiger partial charge in [0.25, 0.3) is 0 Å². The van der Waals surface area contributed by atoms with Gasteiger partial charge in [0.15, 0.2) is 0 Å². The Kier molecular flexibility index (Phi) is 5.65. The van der Waals surface area contributed by atoms with Gasteiger partial charge < -0.3 is 16.0 Å². The first-order chi connectivity index (χ1) is 8.96. The molecule has 7 heteroatoms. The number of anilines is 3. The zero-order valence-electron chi connectivity index (χ0n) is 12.4. The fraction of sp³-hybridized carbons (Fsp3) is 0.750. The predicted octanol–water partition coefficient (Wildman–Crippen LogP) is 1.85. The number of nitrogen functional groups attached to an aromatic ring is 1. The molecule has 0 bridgehead atoms. The van der Waals surface area contributed by atoms with E-state index in [1.165, 1.54) is 0 Å². The lowest BCUT2D eigenvalue weighted by Crippen LogP contribution is -2.32. The molecule has 0 aromatic carbocycles. The smallest absolute Gasteiger partial charge is 0.231 e. The topological polar surface area (TPSA) is 80.0 Å². The van der Waals surface area contributed by atoms with Gasteiger partial charge in [-0.15, -0.1) is 0 Å². The number of aromatic nitrogens is 3. The lowest BCUT2D eigenvalue weighted by Gasteiger charge is -2.29. The molecule has 6 nitrogen and oxygen atoms in total. The van der Waals surface area contributed by atoms with Crippen LogP contribution in [0.4, 0.5) is 17.8 Å². The van der Waals surface area contributed by atoms with E-state index in [9.17, 15) is 0 Å². The minimum atomic E-state index is 0.208. The molecule has 1 aromatic heterocycles. The molecule has 19 heavy (non-hydrogen) atoms. The summed E-state index contributed by atoms with van der Waals surface area (Å²) in [6, 6.07) is 0. The van der Waals surface area contributed by atoms with E-state index in [4.69, 9.17) is 5.73 Å². The molecule has 0 atom stereocenters. The Morgan fingerprint density at radius 2 is 1.84 bits per heavy atom. The highest BCUT2D eigenvalue weighted by atomic mass is 32.2. The Morgan fingerprint density at radius 1 is 1.21 bits per heavy atom. The summed E-state index contributed by atoms with van der Waals surface area (Å²) in [6.07, 6.45) is 4.33. The van der Waals surface area contributed by atoms with Gasteiger partial charge in [-0.25, -0.2) is 0 Å². The van der Waals surface area contributed by atoms with Crippen LogP contribution in [-0.2, 0) is 0 Å². The molecule has 108 valence electrons. The van der Waals surface area contributed by atoms with Crippen LogP contribution >= 0.6 is 11.8 Å². The summed E-state index contributed by atoms with van der Waals surface area (Å²) in [5, 5.41) is 3.28. The van der Waals surface area contributed by atoms with Gasteiger partial charge in [-0.1, -0.05) is 13.8 Å². The van der Waals surface area contributed by atoms with E-state index in [1.54, 1.807) is 0 Å². The van der Waals surface area contributed by atoms with Gasteiger partial charge >= 0.3 is 0 Å². The van der Waals surface area contributed by atoms with Crippen molar-refractivity contribution in [2.45, 2.75) is 31.4 Å². The third kappa shape index (κ3) is 4.12. The maximum atomic E-state index is 5.70. The summed E-state index contributed by atoms with van der Waals surface area (Å²) in [6.45, 7) is 5.22. The molecule has 0 spiro atoms. The molecular formula is C12H24N6S. The first-order valence-electron chi connectivity index (χ1n) is 6.44. The average Bonchev–Trinajstić information content (AvgIpc) is 2.40. The quantitative estimate of drug-likeness (QED) is 0.791. The summed E-state index contributed by atoms with van der Waals surface area (Å²) < 4.78 is 0.208. The van der Waals surface area contributed by atoms with Crippen LogP contribution in [0.15, 0.2) is 0 Å². The normalized spacial score (nSPS) is 11.4. The van der Waals surface area contributed by atoms with Crippen molar-refractivity contribution in [2.75, 3.05) is 42.8 Å². The molecular weight excluding hydrogens is 260 g/mol. The van der Waals surface area contributed by atoms with Crippen molar-refractivity contribution in [3.63, 3.8) is 0 Å². The third-order valence-electron chi connectivity index (χ3n) is 3.33. The Labute approximate surface area is 119 Å². The fourth-order valence-electron chi connectivity index (χ4n) is 1.76. The number of rotatable bonds is 7. The molecule has 0 unspecified atom stereocenters. The third-order valence-corrected chi connectivity index (χ3v) is 4.92. The highest BCUT2D eigenvalue weighted by molar-refractivity contribution is 8.00. The van der Waals surface area contributed by atoms with Crippen LogP contribution in [0.2, 0.25) is 0 Å². The first-order valence-corrected chi connectivity index (χ1v) is 7.66. The highest BCUT2D eigenvalue weighted by Gasteiger charge is 2.25. The highest BCUT2D eigenvalue weighted by Crippen LogP contribution is 2.30. The summed E-state index contributed by atoms with van der Waals surface area (Å²) in [4.78, 5) is 14.4. The van der Waals surface area contributed by atoms with Gasteiger partial charge in [0.1, 0.15) is 0 Å². The fourth-order valence-corrected chi connectivity index (χ4v) is 2.55. The summed E-state index contributed by atoms with van der Waals surface area (Å²) in [5.74, 6) is 1.35. The SMILES string of the molecule is CCC(CC)(CNc1nc(N)nc(N(C)C)n1)SC. The van der Waals surface area contributed by atoms with Crippen LogP contribution in [0.5, 0.6) is 0 Å². The molecule has 1 heterocycles. The van der Waals surface area contributed by atoms with Crippen molar-refractivity contribution < 1.29 is 0 Å². The van der Waals surface area contributed by atoms with Crippen LogP contribution in [0.1, 0.15) is 26.7 Å². The minimum absolute atomic E-state index is 0.208. The first kappa shape index (κ1) is 15.8. The van der Waals surface area contributed by atoms with E-state index >= 15 is 0 Å². The number of nitrogens with zero attached hydrogens (tertiary/aromatic N) is 4. The molecule has 0 aliphatic carbocycles. The van der Waals surface area contributed by atoms with Gasteiger partial charge in [-0.3, -0.25) is 0 Å². The van der Waals surface area contributed by atoms with Crippen molar-refractivity contribution in [3.8, 4) is 0 Å². The molecule has 0 radical (unpaired) electrons. The summed E-state index contributed by atoms with van der Waals surface area (Å²) in [7, 11) is 3.76. The molecule has 3 N–H and O–H groups in total. The van der Waals surface area contributed by atoms with Gasteiger partial charge in [0.05, 0.1) is 0 Å².